The molecule has 28 heavy (non-hydrogen) atoms. The monoisotopic (exact) mass is 407 g/mol. The van der Waals surface area contributed by atoms with Crippen molar-refractivity contribution in [3.05, 3.63) is 46.5 Å². The summed E-state index contributed by atoms with van der Waals surface area (Å²) in [6.45, 7) is 6.79. The van der Waals surface area contributed by atoms with Crippen LogP contribution in [0.1, 0.15) is 42.7 Å². The second-order valence-corrected chi connectivity index (χ2v) is 6.37. The van der Waals surface area contributed by atoms with Crippen LogP contribution >= 0.6 is 11.6 Å². The van der Waals surface area contributed by atoms with Crippen LogP contribution in [0.5, 0.6) is 23.0 Å². The average molecular weight is 408 g/mol. The molecule has 0 saturated carbocycles. The topological polar surface area (TPSA) is 66.0 Å². The molecule has 1 N–H and O–H groups in total. The molecule has 0 aliphatic rings. The molecular weight excluding hydrogens is 382 g/mol. The summed E-state index contributed by atoms with van der Waals surface area (Å²) in [6, 6.07) is 8.51. The number of carbonyl (C=O) groups is 1. The van der Waals surface area contributed by atoms with E-state index in [0.29, 0.717) is 46.8 Å². The summed E-state index contributed by atoms with van der Waals surface area (Å²) in [5, 5.41) is 3.26. The van der Waals surface area contributed by atoms with Gasteiger partial charge in [0, 0.05) is 5.56 Å². The first-order chi connectivity index (χ1) is 13.4. The Kier molecular flexibility index (Phi) is 7.81. The molecule has 0 saturated heterocycles. The second kappa shape index (κ2) is 10.1. The van der Waals surface area contributed by atoms with Crippen LogP contribution in [0.4, 0.5) is 0 Å². The summed E-state index contributed by atoms with van der Waals surface area (Å²) in [7, 11) is 2.99. The molecule has 2 aromatic carbocycles. The molecule has 0 bridgehead atoms. The maximum Gasteiger partial charge on any atom is 0.251 e. The van der Waals surface area contributed by atoms with Crippen molar-refractivity contribution >= 4 is 17.5 Å². The van der Waals surface area contributed by atoms with Crippen molar-refractivity contribution in [1.29, 1.82) is 0 Å². The number of ether oxygens (including phenoxy) is 4. The smallest absolute Gasteiger partial charge is 0.251 e. The van der Waals surface area contributed by atoms with Gasteiger partial charge >= 0.3 is 0 Å². The maximum atomic E-state index is 12.7. The van der Waals surface area contributed by atoms with E-state index in [0.717, 1.165) is 5.56 Å². The summed E-state index contributed by atoms with van der Waals surface area (Å²) in [5.41, 5.74) is 1.28. The van der Waals surface area contributed by atoms with Crippen molar-refractivity contribution in [2.75, 3.05) is 27.4 Å². The minimum Gasteiger partial charge on any atom is -0.493 e. The fourth-order valence-electron chi connectivity index (χ4n) is 2.75. The highest BCUT2D eigenvalue weighted by Crippen LogP contribution is 2.36. The molecule has 7 heteroatoms. The van der Waals surface area contributed by atoms with Gasteiger partial charge in [0.05, 0.1) is 38.5 Å². The molecule has 1 unspecified atom stereocenters. The predicted molar refractivity (Wildman–Crippen MR) is 109 cm³/mol. The summed E-state index contributed by atoms with van der Waals surface area (Å²) in [6.07, 6.45) is 0. The molecule has 0 aliphatic carbocycles. The van der Waals surface area contributed by atoms with Gasteiger partial charge in [-0.2, -0.15) is 0 Å². The fraction of sp³-hybridized carbons (Fsp3) is 0.381. The summed E-state index contributed by atoms with van der Waals surface area (Å²) in [4.78, 5) is 12.7. The standard InChI is InChI=1S/C21H26ClNO5/c1-6-27-17-9-8-14(11-18(17)28-7-2)13(3)23-21(24)15-10-16(22)20(26-5)19(12-15)25-4/h8-13H,6-7H2,1-5H3,(H,23,24). The molecule has 1 atom stereocenters. The Hall–Kier alpha value is -2.60. The van der Waals surface area contributed by atoms with E-state index in [2.05, 4.69) is 5.32 Å². The molecule has 1 amide bonds. The Morgan fingerprint density at radius 1 is 1.00 bits per heavy atom. The van der Waals surface area contributed by atoms with E-state index in [1.54, 1.807) is 12.1 Å². The number of benzene rings is 2. The van der Waals surface area contributed by atoms with Gasteiger partial charge in [0.25, 0.3) is 5.91 Å². The van der Waals surface area contributed by atoms with Crippen LogP contribution in [0.2, 0.25) is 5.02 Å². The van der Waals surface area contributed by atoms with E-state index >= 15 is 0 Å². The van der Waals surface area contributed by atoms with Crippen LogP contribution in [-0.4, -0.2) is 33.3 Å². The third-order valence-corrected chi connectivity index (χ3v) is 4.39. The molecule has 0 fully saturated rings. The van der Waals surface area contributed by atoms with Crippen LogP contribution in [0, 0.1) is 0 Å². The molecule has 0 aromatic heterocycles. The highest BCUT2D eigenvalue weighted by atomic mass is 35.5. The number of hydrogen-bond donors (Lipinski definition) is 1. The quantitative estimate of drug-likeness (QED) is 0.655. The minimum absolute atomic E-state index is 0.255. The Morgan fingerprint density at radius 3 is 2.29 bits per heavy atom. The number of nitrogens with one attached hydrogen (secondary N) is 1. The summed E-state index contributed by atoms with van der Waals surface area (Å²) in [5.74, 6) is 1.84. The van der Waals surface area contributed by atoms with Gasteiger partial charge in [0.1, 0.15) is 0 Å². The number of hydrogen-bond acceptors (Lipinski definition) is 5. The van der Waals surface area contributed by atoms with Gasteiger partial charge in [-0.05, 0) is 50.6 Å². The van der Waals surface area contributed by atoms with Crippen molar-refractivity contribution in [2.45, 2.75) is 26.8 Å². The van der Waals surface area contributed by atoms with Crippen LogP contribution in [0.25, 0.3) is 0 Å². The number of halogens is 1. The van der Waals surface area contributed by atoms with Gasteiger partial charge in [0.2, 0.25) is 0 Å². The molecule has 152 valence electrons. The zero-order valence-electron chi connectivity index (χ0n) is 16.8. The molecular formula is C21H26ClNO5. The molecule has 0 heterocycles. The molecule has 0 aliphatic heterocycles. The Bertz CT molecular complexity index is 825. The Morgan fingerprint density at radius 2 is 1.68 bits per heavy atom. The first-order valence-electron chi connectivity index (χ1n) is 9.07. The summed E-state index contributed by atoms with van der Waals surface area (Å²) >= 11 is 6.20. The first kappa shape index (κ1) is 21.7. The Labute approximate surface area is 170 Å². The van der Waals surface area contributed by atoms with Gasteiger partial charge in [-0.1, -0.05) is 17.7 Å². The molecule has 2 aromatic rings. The third kappa shape index (κ3) is 5.01. The van der Waals surface area contributed by atoms with Crippen molar-refractivity contribution in [2.24, 2.45) is 0 Å². The molecule has 0 radical (unpaired) electrons. The molecule has 0 spiro atoms. The SMILES string of the molecule is CCOc1ccc(C(C)NC(=O)c2cc(Cl)c(OC)c(OC)c2)cc1OCC. The lowest BCUT2D eigenvalue weighted by Gasteiger charge is -2.18. The van der Waals surface area contributed by atoms with Crippen molar-refractivity contribution in [1.82, 2.24) is 5.32 Å². The zero-order valence-corrected chi connectivity index (χ0v) is 17.6. The summed E-state index contributed by atoms with van der Waals surface area (Å²) < 4.78 is 21.7. The lowest BCUT2D eigenvalue weighted by atomic mass is 10.1. The normalized spacial score (nSPS) is 11.5. The minimum atomic E-state index is -0.276. The van der Waals surface area contributed by atoms with E-state index < -0.39 is 0 Å². The second-order valence-electron chi connectivity index (χ2n) is 5.96. The van der Waals surface area contributed by atoms with Gasteiger partial charge in [-0.3, -0.25) is 4.79 Å². The van der Waals surface area contributed by atoms with Gasteiger partial charge in [-0.25, -0.2) is 0 Å². The number of carbonyl (C=O) groups excluding carboxylic acids is 1. The molecule has 2 rings (SSSR count). The lowest BCUT2D eigenvalue weighted by Crippen LogP contribution is -2.26. The van der Waals surface area contributed by atoms with E-state index in [-0.39, 0.29) is 11.9 Å². The average Bonchev–Trinajstić information content (AvgIpc) is 2.68. The third-order valence-electron chi connectivity index (χ3n) is 4.11. The maximum absolute atomic E-state index is 12.7. The van der Waals surface area contributed by atoms with Gasteiger partial charge in [0.15, 0.2) is 23.0 Å². The van der Waals surface area contributed by atoms with Crippen LogP contribution in [-0.2, 0) is 0 Å². The number of rotatable bonds is 9. The zero-order chi connectivity index (χ0) is 20.7. The van der Waals surface area contributed by atoms with Gasteiger partial charge < -0.3 is 24.3 Å². The van der Waals surface area contributed by atoms with Crippen molar-refractivity contribution < 1.29 is 23.7 Å². The Balaban J connectivity index is 2.22. The lowest BCUT2D eigenvalue weighted by molar-refractivity contribution is 0.0939. The van der Waals surface area contributed by atoms with E-state index in [9.17, 15) is 4.79 Å². The fourth-order valence-corrected chi connectivity index (χ4v) is 3.04. The van der Waals surface area contributed by atoms with E-state index in [1.807, 2.05) is 39.0 Å². The number of amides is 1. The highest BCUT2D eigenvalue weighted by Gasteiger charge is 2.18. The van der Waals surface area contributed by atoms with Crippen LogP contribution < -0.4 is 24.3 Å². The predicted octanol–water partition coefficient (Wildman–Crippen LogP) is 4.65. The van der Waals surface area contributed by atoms with Crippen LogP contribution in [0.15, 0.2) is 30.3 Å². The first-order valence-corrected chi connectivity index (χ1v) is 9.44. The van der Waals surface area contributed by atoms with Crippen molar-refractivity contribution in [3.63, 3.8) is 0 Å². The van der Waals surface area contributed by atoms with Crippen molar-refractivity contribution in [3.8, 4) is 23.0 Å². The molecule has 6 nitrogen and oxygen atoms in total. The van der Waals surface area contributed by atoms with Gasteiger partial charge in [-0.15, -0.1) is 0 Å². The largest absolute Gasteiger partial charge is 0.493 e. The number of methoxy groups -OCH3 is 2. The van der Waals surface area contributed by atoms with E-state index in [1.165, 1.54) is 14.2 Å². The van der Waals surface area contributed by atoms with Crippen LogP contribution in [0.3, 0.4) is 0 Å². The van der Waals surface area contributed by atoms with E-state index in [4.69, 9.17) is 30.5 Å². The highest BCUT2D eigenvalue weighted by molar-refractivity contribution is 6.32.